The number of hydrogen-bond acceptors (Lipinski definition) is 4. The van der Waals surface area contributed by atoms with Crippen LogP contribution in [-0.4, -0.2) is 26.8 Å². The van der Waals surface area contributed by atoms with Crippen molar-refractivity contribution in [2.75, 3.05) is 6.54 Å². The number of carbonyl (C=O) groups excluding carboxylic acids is 1. The van der Waals surface area contributed by atoms with Gasteiger partial charge in [0.1, 0.15) is 0 Å². The van der Waals surface area contributed by atoms with Crippen LogP contribution < -0.4 is 0 Å². The van der Waals surface area contributed by atoms with Gasteiger partial charge in [-0.3, -0.25) is 14.9 Å². The van der Waals surface area contributed by atoms with Crippen LogP contribution in [0.1, 0.15) is 34.2 Å². The van der Waals surface area contributed by atoms with Crippen LogP contribution in [0.25, 0.3) is 0 Å². The maximum Gasteiger partial charge on any atom is 0.324 e. The first-order valence-electron chi connectivity index (χ1n) is 6.74. The maximum absolute atomic E-state index is 12.6. The van der Waals surface area contributed by atoms with Crippen molar-refractivity contribution in [3.05, 3.63) is 51.1 Å². The molecular weight excluding hydrogens is 290 g/mol. The van der Waals surface area contributed by atoms with Gasteiger partial charge < -0.3 is 9.47 Å². The molecule has 21 heavy (non-hydrogen) atoms. The van der Waals surface area contributed by atoms with Crippen LogP contribution in [0.3, 0.4) is 0 Å². The first kappa shape index (κ1) is 13.8. The fraction of sp³-hybridized carbons (Fsp3) is 0.357. The van der Waals surface area contributed by atoms with E-state index in [9.17, 15) is 14.9 Å². The van der Waals surface area contributed by atoms with Gasteiger partial charge in [-0.1, -0.05) is 11.3 Å². The molecule has 1 aliphatic heterocycles. The Morgan fingerprint density at radius 2 is 2.24 bits per heavy atom. The maximum atomic E-state index is 12.6. The number of nitrogens with zero attached hydrogens (tertiary/aromatic N) is 3. The summed E-state index contributed by atoms with van der Waals surface area (Å²) >= 11 is 0.942. The molecule has 0 N–H and O–H groups in total. The first-order chi connectivity index (χ1) is 10.1. The second-order valence-corrected chi connectivity index (χ2v) is 6.16. The summed E-state index contributed by atoms with van der Waals surface area (Å²) in [6, 6.07) is 6.98. The molecule has 0 unspecified atom stereocenters. The molecule has 0 radical (unpaired) electrons. The van der Waals surface area contributed by atoms with E-state index >= 15 is 0 Å². The summed E-state index contributed by atoms with van der Waals surface area (Å²) < 4.78 is 2.02. The molecule has 3 rings (SSSR count). The van der Waals surface area contributed by atoms with Crippen LogP contribution in [0.2, 0.25) is 0 Å². The van der Waals surface area contributed by atoms with Crippen molar-refractivity contribution in [1.82, 2.24) is 9.47 Å². The molecule has 1 saturated heterocycles. The number of thiophene rings is 1. The van der Waals surface area contributed by atoms with Crippen molar-refractivity contribution in [2.45, 2.75) is 18.9 Å². The summed E-state index contributed by atoms with van der Waals surface area (Å²) in [4.78, 5) is 25.1. The van der Waals surface area contributed by atoms with E-state index in [4.69, 9.17) is 0 Å². The Morgan fingerprint density at radius 3 is 2.86 bits per heavy atom. The Hall–Kier alpha value is -2.15. The van der Waals surface area contributed by atoms with Gasteiger partial charge in [0.05, 0.1) is 15.8 Å². The van der Waals surface area contributed by atoms with Gasteiger partial charge in [0, 0.05) is 31.5 Å². The average molecular weight is 305 g/mol. The molecule has 0 bridgehead atoms. The minimum absolute atomic E-state index is 0.00737. The number of aryl methyl sites for hydroxylation is 1. The molecule has 110 valence electrons. The van der Waals surface area contributed by atoms with Gasteiger partial charge >= 0.3 is 5.00 Å². The average Bonchev–Trinajstić information content (AvgIpc) is 3.17. The summed E-state index contributed by atoms with van der Waals surface area (Å²) in [5.74, 6) is -0.114. The van der Waals surface area contributed by atoms with Gasteiger partial charge in [-0.15, -0.1) is 0 Å². The van der Waals surface area contributed by atoms with Crippen molar-refractivity contribution >= 4 is 22.2 Å². The summed E-state index contributed by atoms with van der Waals surface area (Å²) in [6.45, 7) is 0.695. The van der Waals surface area contributed by atoms with E-state index in [0.717, 1.165) is 29.9 Å². The smallest absolute Gasteiger partial charge is 0.324 e. The largest absolute Gasteiger partial charge is 0.353 e. The molecule has 3 heterocycles. The van der Waals surface area contributed by atoms with E-state index in [1.807, 2.05) is 34.8 Å². The molecule has 1 aliphatic rings. The molecular formula is C14H15N3O3S. The molecule has 6 nitrogen and oxygen atoms in total. The van der Waals surface area contributed by atoms with Gasteiger partial charge in [0.2, 0.25) is 0 Å². The number of hydrogen-bond donors (Lipinski definition) is 0. The lowest BCUT2D eigenvalue weighted by molar-refractivity contribution is -0.380. The fourth-order valence-electron chi connectivity index (χ4n) is 2.82. The molecule has 1 fully saturated rings. The van der Waals surface area contributed by atoms with Gasteiger partial charge in [-0.2, -0.15) is 0 Å². The van der Waals surface area contributed by atoms with Gasteiger partial charge in [0.25, 0.3) is 5.91 Å². The summed E-state index contributed by atoms with van der Waals surface area (Å²) in [5, 5.41) is 10.7. The van der Waals surface area contributed by atoms with Gasteiger partial charge in [-0.05, 0) is 31.0 Å². The third kappa shape index (κ3) is 2.44. The Kier molecular flexibility index (Phi) is 3.50. The number of carbonyl (C=O) groups is 1. The third-order valence-corrected chi connectivity index (χ3v) is 4.85. The second kappa shape index (κ2) is 5.33. The monoisotopic (exact) mass is 305 g/mol. The topological polar surface area (TPSA) is 68.4 Å². The van der Waals surface area contributed by atoms with Crippen LogP contribution >= 0.6 is 11.3 Å². The van der Waals surface area contributed by atoms with E-state index < -0.39 is 4.92 Å². The van der Waals surface area contributed by atoms with Crippen molar-refractivity contribution in [1.29, 1.82) is 0 Å². The Labute approximate surface area is 125 Å². The highest BCUT2D eigenvalue weighted by Crippen LogP contribution is 2.35. The highest BCUT2D eigenvalue weighted by molar-refractivity contribution is 7.17. The summed E-state index contributed by atoms with van der Waals surface area (Å²) in [5.41, 5.74) is 1.10. The van der Waals surface area contributed by atoms with E-state index in [1.165, 1.54) is 6.07 Å². The molecule has 2 aromatic heterocycles. The lowest BCUT2D eigenvalue weighted by atomic mass is 10.1. The predicted octanol–water partition coefficient (Wildman–Crippen LogP) is 2.97. The number of nitro groups is 1. The van der Waals surface area contributed by atoms with Crippen molar-refractivity contribution in [3.63, 3.8) is 0 Å². The normalized spacial score (nSPS) is 18.1. The minimum atomic E-state index is -0.458. The van der Waals surface area contributed by atoms with Gasteiger partial charge in [0.15, 0.2) is 0 Å². The molecule has 1 atom stereocenters. The minimum Gasteiger partial charge on any atom is -0.353 e. The van der Waals surface area contributed by atoms with Crippen LogP contribution in [0.15, 0.2) is 30.5 Å². The van der Waals surface area contributed by atoms with Crippen LogP contribution in [0.4, 0.5) is 5.00 Å². The van der Waals surface area contributed by atoms with Crippen molar-refractivity contribution < 1.29 is 9.72 Å². The standard InChI is InChI=1S/C14H15N3O3S/c1-15-8-2-4-10(15)11-5-3-9-16(11)14(18)12-6-7-13(21-12)17(19)20/h2,4,6-8,11H,3,5,9H2,1H3/t11-/m1/s1. The highest BCUT2D eigenvalue weighted by atomic mass is 32.1. The van der Waals surface area contributed by atoms with E-state index in [0.29, 0.717) is 11.4 Å². The number of likely N-dealkylation sites (tertiary alicyclic amines) is 1. The zero-order chi connectivity index (χ0) is 15.0. The molecule has 0 spiro atoms. The van der Waals surface area contributed by atoms with Crippen LogP contribution in [-0.2, 0) is 7.05 Å². The zero-order valence-electron chi connectivity index (χ0n) is 11.6. The molecule has 0 saturated carbocycles. The number of amides is 1. The lowest BCUT2D eigenvalue weighted by Gasteiger charge is -2.24. The van der Waals surface area contributed by atoms with Crippen molar-refractivity contribution in [3.8, 4) is 0 Å². The molecule has 1 amide bonds. The fourth-order valence-corrected chi connectivity index (χ4v) is 3.60. The molecule has 0 aliphatic carbocycles. The van der Waals surface area contributed by atoms with E-state index in [1.54, 1.807) is 6.07 Å². The lowest BCUT2D eigenvalue weighted by Crippen LogP contribution is -2.30. The number of aromatic nitrogens is 1. The quantitative estimate of drug-likeness (QED) is 0.646. The molecule has 7 heteroatoms. The number of rotatable bonds is 3. The van der Waals surface area contributed by atoms with E-state index in [-0.39, 0.29) is 17.0 Å². The molecule has 2 aromatic rings. The highest BCUT2D eigenvalue weighted by Gasteiger charge is 2.33. The second-order valence-electron chi connectivity index (χ2n) is 5.10. The van der Waals surface area contributed by atoms with Crippen LogP contribution in [0, 0.1) is 10.1 Å². The van der Waals surface area contributed by atoms with E-state index in [2.05, 4.69) is 0 Å². The predicted molar refractivity (Wildman–Crippen MR) is 79.4 cm³/mol. The summed E-state index contributed by atoms with van der Waals surface area (Å²) in [7, 11) is 1.96. The third-order valence-electron chi connectivity index (χ3n) is 3.82. The zero-order valence-corrected chi connectivity index (χ0v) is 12.4. The first-order valence-corrected chi connectivity index (χ1v) is 7.56. The Morgan fingerprint density at radius 1 is 1.43 bits per heavy atom. The Balaban J connectivity index is 1.86. The van der Waals surface area contributed by atoms with Crippen molar-refractivity contribution in [2.24, 2.45) is 7.05 Å². The summed E-state index contributed by atoms with van der Waals surface area (Å²) in [6.07, 6.45) is 3.85. The molecule has 0 aromatic carbocycles. The van der Waals surface area contributed by atoms with Gasteiger partial charge in [-0.25, -0.2) is 0 Å². The SMILES string of the molecule is Cn1cccc1[C@H]1CCCN1C(=O)c1ccc([N+](=O)[O-])s1. The van der Waals surface area contributed by atoms with Crippen LogP contribution in [0.5, 0.6) is 0 Å². The Bertz CT molecular complexity index is 691.